The van der Waals surface area contributed by atoms with Gasteiger partial charge in [-0.3, -0.25) is 4.79 Å². The van der Waals surface area contributed by atoms with Crippen LogP contribution in [0.4, 0.5) is 4.39 Å². The van der Waals surface area contributed by atoms with Gasteiger partial charge in [-0.05, 0) is 31.2 Å². The summed E-state index contributed by atoms with van der Waals surface area (Å²) in [6.07, 6.45) is 1.55. The number of fused-ring (bicyclic) bond motifs is 1. The summed E-state index contributed by atoms with van der Waals surface area (Å²) in [5.41, 5.74) is 2.47. The fourth-order valence-corrected chi connectivity index (χ4v) is 2.34. The summed E-state index contributed by atoms with van der Waals surface area (Å²) in [6.45, 7) is 1.81. The van der Waals surface area contributed by atoms with Gasteiger partial charge in [0.05, 0.1) is 17.2 Å². The predicted molar refractivity (Wildman–Crippen MR) is 77.6 cm³/mol. The number of ketones is 1. The van der Waals surface area contributed by atoms with Crippen LogP contribution in [0, 0.1) is 24.1 Å². The number of halogens is 1. The number of nitrogens with zero attached hydrogens (tertiary/aromatic N) is 1. The van der Waals surface area contributed by atoms with Gasteiger partial charge in [0.1, 0.15) is 5.82 Å². The molecule has 0 saturated carbocycles. The normalized spacial score (nSPS) is 10.5. The van der Waals surface area contributed by atoms with Gasteiger partial charge in [0.2, 0.25) is 0 Å². The molecule has 102 valence electrons. The lowest BCUT2D eigenvalue weighted by Crippen LogP contribution is -2.04. The fraction of sp³-hybridized carbons (Fsp3) is 0.0588. The van der Waals surface area contributed by atoms with Gasteiger partial charge in [-0.15, -0.1) is 0 Å². The minimum Gasteiger partial charge on any atom is -0.360 e. The minimum absolute atomic E-state index is 0.0558. The van der Waals surface area contributed by atoms with E-state index in [2.05, 4.69) is 4.98 Å². The molecule has 1 heterocycles. The zero-order valence-corrected chi connectivity index (χ0v) is 11.3. The molecule has 1 N–H and O–H groups in total. The molecule has 1 aromatic heterocycles. The first-order chi connectivity index (χ1) is 10.1. The number of benzene rings is 2. The quantitative estimate of drug-likeness (QED) is 0.726. The molecule has 0 aliphatic carbocycles. The molecule has 0 aliphatic rings. The van der Waals surface area contributed by atoms with E-state index in [0.717, 1.165) is 5.56 Å². The third-order valence-corrected chi connectivity index (χ3v) is 3.42. The Morgan fingerprint density at radius 3 is 2.76 bits per heavy atom. The van der Waals surface area contributed by atoms with Gasteiger partial charge in [-0.25, -0.2) is 4.39 Å². The standard InChI is InChI=1S/C17H11FN2O/c1-10-2-5-15(18)13(6-10)17(21)14-9-20-16-7-11(8-19)3-4-12(14)16/h2-7,9,20H,1H3. The summed E-state index contributed by atoms with van der Waals surface area (Å²) in [5, 5.41) is 9.56. The number of carbonyl (C=O) groups excluding carboxylic acids is 1. The molecule has 21 heavy (non-hydrogen) atoms. The smallest absolute Gasteiger partial charge is 0.198 e. The van der Waals surface area contributed by atoms with Gasteiger partial charge in [0.25, 0.3) is 0 Å². The van der Waals surface area contributed by atoms with Crippen molar-refractivity contribution >= 4 is 16.7 Å². The SMILES string of the molecule is Cc1ccc(F)c(C(=O)c2c[nH]c3cc(C#N)ccc23)c1. The van der Waals surface area contributed by atoms with Crippen LogP contribution in [0.5, 0.6) is 0 Å². The second-order valence-corrected chi connectivity index (χ2v) is 4.89. The molecular weight excluding hydrogens is 267 g/mol. The van der Waals surface area contributed by atoms with Gasteiger partial charge in [-0.1, -0.05) is 17.7 Å². The van der Waals surface area contributed by atoms with Crippen LogP contribution in [0.3, 0.4) is 0 Å². The Bertz CT molecular complexity index is 903. The molecule has 4 heteroatoms. The van der Waals surface area contributed by atoms with E-state index in [-0.39, 0.29) is 11.3 Å². The molecule has 0 spiro atoms. The first-order valence-electron chi connectivity index (χ1n) is 6.42. The van der Waals surface area contributed by atoms with Crippen molar-refractivity contribution in [1.82, 2.24) is 4.98 Å². The maximum atomic E-state index is 13.9. The molecule has 3 aromatic rings. The van der Waals surface area contributed by atoms with Crippen molar-refractivity contribution in [3.63, 3.8) is 0 Å². The van der Waals surface area contributed by atoms with Crippen molar-refractivity contribution in [3.05, 3.63) is 70.7 Å². The Labute approximate surface area is 120 Å². The van der Waals surface area contributed by atoms with Crippen LogP contribution in [-0.2, 0) is 0 Å². The number of carbonyl (C=O) groups is 1. The number of H-pyrrole nitrogens is 1. The average molecular weight is 278 g/mol. The number of rotatable bonds is 2. The van der Waals surface area contributed by atoms with Crippen LogP contribution in [0.15, 0.2) is 42.6 Å². The van der Waals surface area contributed by atoms with E-state index < -0.39 is 5.82 Å². The fourth-order valence-electron chi connectivity index (χ4n) is 2.34. The predicted octanol–water partition coefficient (Wildman–Crippen LogP) is 3.72. The highest BCUT2D eigenvalue weighted by Gasteiger charge is 2.18. The van der Waals surface area contributed by atoms with Crippen LogP contribution in [-0.4, -0.2) is 10.8 Å². The molecule has 0 saturated heterocycles. The third-order valence-electron chi connectivity index (χ3n) is 3.42. The first-order valence-corrected chi connectivity index (χ1v) is 6.42. The van der Waals surface area contributed by atoms with Crippen molar-refractivity contribution < 1.29 is 9.18 Å². The second kappa shape index (κ2) is 4.88. The highest BCUT2D eigenvalue weighted by molar-refractivity contribution is 6.16. The van der Waals surface area contributed by atoms with Crippen molar-refractivity contribution in [2.24, 2.45) is 0 Å². The molecule has 0 fully saturated rings. The largest absolute Gasteiger partial charge is 0.360 e. The van der Waals surface area contributed by atoms with Gasteiger partial charge < -0.3 is 4.98 Å². The Balaban J connectivity index is 2.14. The minimum atomic E-state index is -0.534. The van der Waals surface area contributed by atoms with E-state index in [0.29, 0.717) is 22.0 Å². The molecule has 0 aliphatic heterocycles. The van der Waals surface area contributed by atoms with Gasteiger partial charge in [0, 0.05) is 22.7 Å². The van der Waals surface area contributed by atoms with Crippen molar-refractivity contribution in [2.75, 3.05) is 0 Å². The summed E-state index contributed by atoms with van der Waals surface area (Å²) >= 11 is 0. The van der Waals surface area contributed by atoms with Crippen molar-refractivity contribution in [2.45, 2.75) is 6.92 Å². The average Bonchev–Trinajstić information content (AvgIpc) is 2.91. The van der Waals surface area contributed by atoms with Crippen LogP contribution in [0.25, 0.3) is 10.9 Å². The zero-order chi connectivity index (χ0) is 15.0. The molecule has 0 radical (unpaired) electrons. The molecule has 0 unspecified atom stereocenters. The van der Waals surface area contributed by atoms with Gasteiger partial charge >= 0.3 is 0 Å². The Hall–Kier alpha value is -2.93. The number of aromatic nitrogens is 1. The maximum absolute atomic E-state index is 13.9. The highest BCUT2D eigenvalue weighted by Crippen LogP contribution is 2.23. The summed E-state index contributed by atoms with van der Waals surface area (Å²) in [6, 6.07) is 11.5. The molecule has 0 amide bonds. The number of aromatic amines is 1. The number of hydrogen-bond acceptors (Lipinski definition) is 2. The highest BCUT2D eigenvalue weighted by atomic mass is 19.1. The van der Waals surface area contributed by atoms with Crippen molar-refractivity contribution in [3.8, 4) is 6.07 Å². The van der Waals surface area contributed by atoms with E-state index in [4.69, 9.17) is 5.26 Å². The molecule has 3 nitrogen and oxygen atoms in total. The lowest BCUT2D eigenvalue weighted by molar-refractivity contribution is 0.103. The van der Waals surface area contributed by atoms with Crippen LogP contribution < -0.4 is 0 Å². The topological polar surface area (TPSA) is 56.6 Å². The lowest BCUT2D eigenvalue weighted by atomic mass is 10.00. The Kier molecular flexibility index (Phi) is 3.03. The Morgan fingerprint density at radius 1 is 1.19 bits per heavy atom. The maximum Gasteiger partial charge on any atom is 0.198 e. The summed E-state index contributed by atoms with van der Waals surface area (Å²) in [7, 11) is 0. The molecule has 2 aromatic carbocycles. The van der Waals surface area contributed by atoms with Crippen LogP contribution >= 0.6 is 0 Å². The molecule has 0 bridgehead atoms. The number of nitriles is 1. The molecular formula is C17H11FN2O. The van der Waals surface area contributed by atoms with Gasteiger partial charge in [-0.2, -0.15) is 5.26 Å². The second-order valence-electron chi connectivity index (χ2n) is 4.89. The van der Waals surface area contributed by atoms with E-state index in [1.807, 2.05) is 13.0 Å². The summed E-state index contributed by atoms with van der Waals surface area (Å²) in [4.78, 5) is 15.5. The van der Waals surface area contributed by atoms with E-state index in [1.165, 1.54) is 6.07 Å². The number of aryl methyl sites for hydroxylation is 1. The summed E-state index contributed by atoms with van der Waals surface area (Å²) in [5.74, 6) is -0.902. The molecule has 0 atom stereocenters. The number of nitrogens with one attached hydrogen (secondary N) is 1. The van der Waals surface area contributed by atoms with Crippen LogP contribution in [0.1, 0.15) is 27.0 Å². The molecule has 3 rings (SSSR count). The van der Waals surface area contributed by atoms with Gasteiger partial charge in [0.15, 0.2) is 5.78 Å². The third kappa shape index (κ3) is 2.19. The van der Waals surface area contributed by atoms with E-state index in [1.54, 1.807) is 36.5 Å². The van der Waals surface area contributed by atoms with E-state index in [9.17, 15) is 9.18 Å². The lowest BCUT2D eigenvalue weighted by Gasteiger charge is -2.03. The zero-order valence-electron chi connectivity index (χ0n) is 11.3. The van der Waals surface area contributed by atoms with E-state index >= 15 is 0 Å². The Morgan fingerprint density at radius 2 is 2.00 bits per heavy atom. The monoisotopic (exact) mass is 278 g/mol. The number of hydrogen-bond donors (Lipinski definition) is 1. The first kappa shape index (κ1) is 13.1. The van der Waals surface area contributed by atoms with Crippen LogP contribution in [0.2, 0.25) is 0 Å². The summed E-state index contributed by atoms with van der Waals surface area (Å²) < 4.78 is 13.9. The van der Waals surface area contributed by atoms with Crippen molar-refractivity contribution in [1.29, 1.82) is 5.26 Å².